The Labute approximate surface area is 88.2 Å². The van der Waals surface area contributed by atoms with E-state index in [0.29, 0.717) is 5.69 Å². The molecule has 0 unspecified atom stereocenters. The van der Waals surface area contributed by atoms with E-state index in [1.807, 2.05) is 38.1 Å². The van der Waals surface area contributed by atoms with Crippen molar-refractivity contribution in [1.82, 2.24) is 9.97 Å². The van der Waals surface area contributed by atoms with Crippen LogP contribution in [0.2, 0.25) is 0 Å². The molecular formula is C12H12N2O. The maximum atomic E-state index is 11.7. The molecule has 0 bridgehead atoms. The molecule has 0 atom stereocenters. The van der Waals surface area contributed by atoms with Crippen LogP contribution in [0.5, 0.6) is 0 Å². The molecule has 0 spiro atoms. The van der Waals surface area contributed by atoms with Crippen LogP contribution < -0.4 is 0 Å². The molecule has 0 saturated carbocycles. The molecule has 0 fully saturated rings. The first-order valence-corrected chi connectivity index (χ1v) is 4.94. The summed E-state index contributed by atoms with van der Waals surface area (Å²) in [6, 6.07) is 7.53. The van der Waals surface area contributed by atoms with Crippen LogP contribution in [-0.2, 0) is 0 Å². The fourth-order valence-electron chi connectivity index (χ4n) is 1.37. The van der Waals surface area contributed by atoms with E-state index in [4.69, 9.17) is 0 Å². The third-order valence-electron chi connectivity index (χ3n) is 2.23. The van der Waals surface area contributed by atoms with Crippen molar-refractivity contribution in [3.05, 3.63) is 36.2 Å². The van der Waals surface area contributed by atoms with E-state index in [9.17, 15) is 4.79 Å². The minimum absolute atomic E-state index is 0.0354. The van der Waals surface area contributed by atoms with E-state index < -0.39 is 0 Å². The van der Waals surface area contributed by atoms with Gasteiger partial charge in [0.05, 0.1) is 17.2 Å². The lowest BCUT2D eigenvalue weighted by Gasteiger charge is -2.03. The number of hydrogen-bond acceptors (Lipinski definition) is 3. The van der Waals surface area contributed by atoms with Gasteiger partial charge in [0.15, 0.2) is 5.78 Å². The summed E-state index contributed by atoms with van der Waals surface area (Å²) in [6.07, 6.45) is 1.55. The van der Waals surface area contributed by atoms with Gasteiger partial charge < -0.3 is 0 Å². The lowest BCUT2D eigenvalue weighted by molar-refractivity contribution is 0.0934. The molecule has 0 aliphatic carbocycles. The second-order valence-corrected chi connectivity index (χ2v) is 3.76. The number of Topliss-reactive ketones (excluding diaryl/α,β-unsaturated/α-hetero) is 1. The Morgan fingerprint density at radius 1 is 1.20 bits per heavy atom. The third-order valence-corrected chi connectivity index (χ3v) is 2.23. The first-order chi connectivity index (χ1) is 7.18. The van der Waals surface area contributed by atoms with Crippen molar-refractivity contribution in [2.75, 3.05) is 0 Å². The average Bonchev–Trinajstić information content (AvgIpc) is 2.27. The van der Waals surface area contributed by atoms with Gasteiger partial charge in [0, 0.05) is 5.92 Å². The Kier molecular flexibility index (Phi) is 2.46. The molecule has 15 heavy (non-hydrogen) atoms. The highest BCUT2D eigenvalue weighted by molar-refractivity contribution is 5.96. The summed E-state index contributed by atoms with van der Waals surface area (Å²) in [5.41, 5.74) is 2.03. The van der Waals surface area contributed by atoms with Crippen molar-refractivity contribution in [2.24, 2.45) is 5.92 Å². The first kappa shape index (κ1) is 9.77. The Balaban J connectivity index is 2.52. The smallest absolute Gasteiger partial charge is 0.185 e. The van der Waals surface area contributed by atoms with E-state index in [1.54, 1.807) is 6.20 Å². The molecule has 0 saturated heterocycles. The first-order valence-electron chi connectivity index (χ1n) is 4.94. The summed E-state index contributed by atoms with van der Waals surface area (Å²) >= 11 is 0. The number of carbonyl (C=O) groups is 1. The molecule has 0 amide bonds. The minimum atomic E-state index is -0.0412. The largest absolute Gasteiger partial charge is 0.292 e. The summed E-state index contributed by atoms with van der Waals surface area (Å²) in [5.74, 6) is -0.00582. The third kappa shape index (κ3) is 1.86. The van der Waals surface area contributed by atoms with Gasteiger partial charge in [-0.2, -0.15) is 0 Å². The van der Waals surface area contributed by atoms with E-state index >= 15 is 0 Å². The zero-order valence-corrected chi connectivity index (χ0v) is 8.77. The van der Waals surface area contributed by atoms with E-state index in [2.05, 4.69) is 9.97 Å². The molecule has 0 aliphatic rings. The minimum Gasteiger partial charge on any atom is -0.292 e. The van der Waals surface area contributed by atoms with Crippen molar-refractivity contribution in [1.29, 1.82) is 0 Å². The maximum Gasteiger partial charge on any atom is 0.185 e. The average molecular weight is 200 g/mol. The molecule has 0 aliphatic heterocycles. The molecule has 3 nitrogen and oxygen atoms in total. The predicted molar refractivity (Wildman–Crippen MR) is 58.7 cm³/mol. The van der Waals surface area contributed by atoms with Crippen LogP contribution in [0.3, 0.4) is 0 Å². The van der Waals surface area contributed by atoms with Gasteiger partial charge in [-0.05, 0) is 12.1 Å². The van der Waals surface area contributed by atoms with Crippen molar-refractivity contribution >= 4 is 16.8 Å². The van der Waals surface area contributed by atoms with Gasteiger partial charge in [0.25, 0.3) is 0 Å². The number of rotatable bonds is 2. The van der Waals surface area contributed by atoms with Gasteiger partial charge in [0.1, 0.15) is 5.69 Å². The number of benzene rings is 1. The molecule has 1 aromatic heterocycles. The van der Waals surface area contributed by atoms with E-state index in [1.165, 1.54) is 0 Å². The Bertz CT molecular complexity index is 506. The number of aromatic nitrogens is 2. The summed E-state index contributed by atoms with van der Waals surface area (Å²) in [4.78, 5) is 20.2. The van der Waals surface area contributed by atoms with Crippen LogP contribution >= 0.6 is 0 Å². The van der Waals surface area contributed by atoms with E-state index in [-0.39, 0.29) is 11.7 Å². The fraction of sp³-hybridized carbons (Fsp3) is 0.250. The van der Waals surface area contributed by atoms with Gasteiger partial charge in [-0.25, -0.2) is 4.98 Å². The highest BCUT2D eigenvalue weighted by atomic mass is 16.1. The molecule has 0 N–H and O–H groups in total. The Morgan fingerprint density at radius 3 is 2.53 bits per heavy atom. The topological polar surface area (TPSA) is 42.9 Å². The molecule has 0 radical (unpaired) electrons. The number of ketones is 1. The van der Waals surface area contributed by atoms with Crippen molar-refractivity contribution in [3.63, 3.8) is 0 Å². The van der Waals surface area contributed by atoms with Crippen molar-refractivity contribution in [2.45, 2.75) is 13.8 Å². The maximum absolute atomic E-state index is 11.7. The van der Waals surface area contributed by atoms with Crippen LogP contribution in [-0.4, -0.2) is 15.8 Å². The Hall–Kier alpha value is -1.77. The molecule has 76 valence electrons. The van der Waals surface area contributed by atoms with Gasteiger partial charge in [-0.15, -0.1) is 0 Å². The van der Waals surface area contributed by atoms with E-state index in [0.717, 1.165) is 11.0 Å². The van der Waals surface area contributed by atoms with Crippen LogP contribution in [0.1, 0.15) is 24.3 Å². The zero-order chi connectivity index (χ0) is 10.8. The molecule has 3 heteroatoms. The van der Waals surface area contributed by atoms with Crippen LogP contribution in [0.25, 0.3) is 11.0 Å². The lowest BCUT2D eigenvalue weighted by atomic mass is 10.1. The number of para-hydroxylation sites is 2. The quantitative estimate of drug-likeness (QED) is 0.699. The second-order valence-electron chi connectivity index (χ2n) is 3.76. The molecule has 2 rings (SSSR count). The SMILES string of the molecule is CC(C)C(=O)c1cnc2ccccc2n1. The van der Waals surface area contributed by atoms with Crippen molar-refractivity contribution in [3.8, 4) is 0 Å². The van der Waals surface area contributed by atoms with Gasteiger partial charge in [0.2, 0.25) is 0 Å². The Morgan fingerprint density at radius 2 is 1.87 bits per heavy atom. The summed E-state index contributed by atoms with van der Waals surface area (Å²) < 4.78 is 0. The molecule has 1 heterocycles. The number of hydrogen-bond donors (Lipinski definition) is 0. The molecule has 1 aromatic carbocycles. The predicted octanol–water partition coefficient (Wildman–Crippen LogP) is 2.47. The van der Waals surface area contributed by atoms with Gasteiger partial charge >= 0.3 is 0 Å². The standard InChI is InChI=1S/C12H12N2O/c1-8(2)12(15)11-7-13-9-5-3-4-6-10(9)14-11/h3-8H,1-2H3. The lowest BCUT2D eigenvalue weighted by Crippen LogP contribution is -2.10. The van der Waals surface area contributed by atoms with Gasteiger partial charge in [-0.3, -0.25) is 9.78 Å². The fourth-order valence-corrected chi connectivity index (χ4v) is 1.37. The number of fused-ring (bicyclic) bond motifs is 1. The van der Waals surface area contributed by atoms with Crippen LogP contribution in [0.4, 0.5) is 0 Å². The number of carbonyl (C=O) groups excluding carboxylic acids is 1. The monoisotopic (exact) mass is 200 g/mol. The highest BCUT2D eigenvalue weighted by Gasteiger charge is 2.12. The normalized spacial score (nSPS) is 10.9. The summed E-state index contributed by atoms with van der Waals surface area (Å²) in [5, 5.41) is 0. The van der Waals surface area contributed by atoms with Gasteiger partial charge in [-0.1, -0.05) is 26.0 Å². The second kappa shape index (κ2) is 3.77. The van der Waals surface area contributed by atoms with Crippen molar-refractivity contribution < 1.29 is 4.79 Å². The summed E-state index contributed by atoms with van der Waals surface area (Å²) in [7, 11) is 0. The van der Waals surface area contributed by atoms with Crippen LogP contribution in [0, 0.1) is 5.92 Å². The summed E-state index contributed by atoms with van der Waals surface area (Å²) in [6.45, 7) is 3.72. The zero-order valence-electron chi connectivity index (χ0n) is 8.77. The van der Waals surface area contributed by atoms with Crippen LogP contribution in [0.15, 0.2) is 30.5 Å². The molecular weight excluding hydrogens is 188 g/mol. The highest BCUT2D eigenvalue weighted by Crippen LogP contribution is 2.11. The number of nitrogens with zero attached hydrogens (tertiary/aromatic N) is 2. The molecule has 2 aromatic rings.